The molecular formula is C17H16BrClO2. The predicted molar refractivity (Wildman–Crippen MR) is 89.0 cm³/mol. The summed E-state index contributed by atoms with van der Waals surface area (Å²) in [7, 11) is 1.63. The van der Waals surface area contributed by atoms with Gasteiger partial charge in [0.2, 0.25) is 0 Å². The normalized spacial score (nSPS) is 18.5. The maximum absolute atomic E-state index is 6.24. The smallest absolute Gasteiger partial charge is 0.137 e. The Morgan fingerprint density at radius 1 is 1.29 bits per heavy atom. The van der Waals surface area contributed by atoms with Gasteiger partial charge in [0, 0.05) is 10.7 Å². The van der Waals surface area contributed by atoms with Gasteiger partial charge < -0.3 is 9.47 Å². The fourth-order valence-electron chi connectivity index (χ4n) is 2.76. The minimum absolute atomic E-state index is 0.200. The number of hydrogen-bond donors (Lipinski definition) is 0. The molecule has 0 aliphatic carbocycles. The lowest BCUT2D eigenvalue weighted by molar-refractivity contribution is 0.266. The van der Waals surface area contributed by atoms with Gasteiger partial charge in [0.05, 0.1) is 18.7 Å². The Kier molecular flexibility index (Phi) is 4.41. The highest BCUT2D eigenvalue weighted by Gasteiger charge is 2.28. The molecule has 0 radical (unpaired) electrons. The molecule has 0 N–H and O–H groups in total. The Morgan fingerprint density at radius 3 is 2.86 bits per heavy atom. The molecule has 0 amide bonds. The van der Waals surface area contributed by atoms with Gasteiger partial charge in [-0.1, -0.05) is 51.8 Å². The Balaban J connectivity index is 1.92. The van der Waals surface area contributed by atoms with E-state index in [-0.39, 0.29) is 4.83 Å². The molecule has 2 aromatic carbocycles. The molecule has 110 valence electrons. The molecule has 2 nitrogen and oxygen atoms in total. The van der Waals surface area contributed by atoms with Crippen molar-refractivity contribution in [2.45, 2.75) is 17.2 Å². The van der Waals surface area contributed by atoms with Crippen LogP contribution >= 0.6 is 27.5 Å². The molecule has 1 aliphatic rings. The van der Waals surface area contributed by atoms with Crippen LogP contribution in [0.2, 0.25) is 5.02 Å². The van der Waals surface area contributed by atoms with Crippen LogP contribution in [0.3, 0.4) is 0 Å². The summed E-state index contributed by atoms with van der Waals surface area (Å²) in [6.07, 6.45) is 0.983. The van der Waals surface area contributed by atoms with E-state index >= 15 is 0 Å². The van der Waals surface area contributed by atoms with Crippen molar-refractivity contribution >= 4 is 27.5 Å². The van der Waals surface area contributed by atoms with Gasteiger partial charge in [-0.3, -0.25) is 0 Å². The van der Waals surface area contributed by atoms with Crippen LogP contribution in [0.15, 0.2) is 42.5 Å². The molecule has 0 spiro atoms. The SMILES string of the molecule is COc1ccc(C(Br)C2CCOc3ccccc32)cc1Cl. The number of fused-ring (bicyclic) bond motifs is 1. The summed E-state index contributed by atoms with van der Waals surface area (Å²) in [5, 5.41) is 0.639. The second-order valence-electron chi connectivity index (χ2n) is 5.08. The molecule has 0 aromatic heterocycles. The Labute approximate surface area is 138 Å². The quantitative estimate of drug-likeness (QED) is 0.681. The first-order valence-electron chi connectivity index (χ1n) is 6.90. The maximum Gasteiger partial charge on any atom is 0.137 e. The van der Waals surface area contributed by atoms with Gasteiger partial charge in [0.25, 0.3) is 0 Å². The summed E-state index contributed by atoms with van der Waals surface area (Å²) in [4.78, 5) is 0.200. The molecule has 0 saturated heterocycles. The van der Waals surface area contributed by atoms with Crippen molar-refractivity contribution in [3.05, 3.63) is 58.6 Å². The summed E-state index contributed by atoms with van der Waals surface area (Å²) in [5.41, 5.74) is 2.40. The van der Waals surface area contributed by atoms with Crippen LogP contribution in [0.4, 0.5) is 0 Å². The third-order valence-corrected chi connectivity index (χ3v) is 5.31. The average molecular weight is 368 g/mol. The summed E-state index contributed by atoms with van der Waals surface area (Å²) >= 11 is 10.1. The molecule has 0 fully saturated rings. The molecule has 3 rings (SSSR count). The van der Waals surface area contributed by atoms with Gasteiger partial charge in [-0.15, -0.1) is 0 Å². The molecule has 21 heavy (non-hydrogen) atoms. The van der Waals surface area contributed by atoms with E-state index in [0.29, 0.717) is 16.7 Å². The van der Waals surface area contributed by atoms with Crippen molar-refractivity contribution in [1.29, 1.82) is 0 Å². The highest BCUT2D eigenvalue weighted by atomic mass is 79.9. The van der Waals surface area contributed by atoms with Crippen molar-refractivity contribution in [2.75, 3.05) is 13.7 Å². The van der Waals surface area contributed by atoms with Gasteiger partial charge in [-0.25, -0.2) is 0 Å². The fraction of sp³-hybridized carbons (Fsp3) is 0.294. The van der Waals surface area contributed by atoms with Crippen LogP contribution < -0.4 is 9.47 Å². The number of methoxy groups -OCH3 is 1. The van der Waals surface area contributed by atoms with E-state index in [1.807, 2.05) is 24.3 Å². The topological polar surface area (TPSA) is 18.5 Å². The van der Waals surface area contributed by atoms with Crippen LogP contribution in [-0.2, 0) is 0 Å². The summed E-state index contributed by atoms with van der Waals surface area (Å²) in [6.45, 7) is 0.744. The zero-order valence-electron chi connectivity index (χ0n) is 11.7. The number of para-hydroxylation sites is 1. The molecule has 2 unspecified atom stereocenters. The van der Waals surface area contributed by atoms with Crippen molar-refractivity contribution in [1.82, 2.24) is 0 Å². The summed E-state index contributed by atoms with van der Waals surface area (Å²) < 4.78 is 10.9. The number of hydrogen-bond acceptors (Lipinski definition) is 2. The van der Waals surface area contributed by atoms with Gasteiger partial charge >= 0.3 is 0 Å². The first-order chi connectivity index (χ1) is 10.2. The molecule has 0 saturated carbocycles. The first kappa shape index (κ1) is 14.7. The Hall–Kier alpha value is -1.19. The Morgan fingerprint density at radius 2 is 2.10 bits per heavy atom. The molecule has 1 aliphatic heterocycles. The van der Waals surface area contributed by atoms with E-state index < -0.39 is 0 Å². The monoisotopic (exact) mass is 366 g/mol. The van der Waals surface area contributed by atoms with E-state index in [1.165, 1.54) is 5.56 Å². The number of ether oxygens (including phenoxy) is 2. The van der Waals surface area contributed by atoms with Crippen molar-refractivity contribution in [3.8, 4) is 11.5 Å². The number of rotatable bonds is 3. The maximum atomic E-state index is 6.24. The molecular weight excluding hydrogens is 352 g/mol. The molecule has 2 aromatic rings. The highest BCUT2D eigenvalue weighted by molar-refractivity contribution is 9.09. The molecule has 2 atom stereocenters. The van der Waals surface area contributed by atoms with E-state index in [2.05, 4.69) is 34.1 Å². The van der Waals surface area contributed by atoms with E-state index in [4.69, 9.17) is 21.1 Å². The summed E-state index contributed by atoms with van der Waals surface area (Å²) in [6, 6.07) is 14.2. The molecule has 0 bridgehead atoms. The zero-order chi connectivity index (χ0) is 14.8. The third kappa shape index (κ3) is 2.90. The lowest BCUT2D eigenvalue weighted by Gasteiger charge is -2.29. The van der Waals surface area contributed by atoms with Gasteiger partial charge in [0.15, 0.2) is 0 Å². The minimum atomic E-state index is 0.200. The highest BCUT2D eigenvalue weighted by Crippen LogP contribution is 2.46. The second kappa shape index (κ2) is 6.29. The fourth-order valence-corrected chi connectivity index (χ4v) is 3.86. The number of alkyl halides is 1. The van der Waals surface area contributed by atoms with Gasteiger partial charge in [-0.2, -0.15) is 0 Å². The lowest BCUT2D eigenvalue weighted by Crippen LogP contribution is -2.17. The second-order valence-corrected chi connectivity index (χ2v) is 6.47. The number of halogens is 2. The van der Waals surface area contributed by atoms with Crippen LogP contribution in [0, 0.1) is 0 Å². The standard InChI is InChI=1S/C17H16BrClO2/c1-20-16-7-6-11(10-14(16)19)17(18)13-8-9-21-15-5-3-2-4-12(13)15/h2-7,10,13,17H,8-9H2,1H3. The average Bonchev–Trinajstić information content (AvgIpc) is 2.53. The first-order valence-corrected chi connectivity index (χ1v) is 8.19. The number of benzene rings is 2. The van der Waals surface area contributed by atoms with Crippen LogP contribution in [0.25, 0.3) is 0 Å². The minimum Gasteiger partial charge on any atom is -0.495 e. The van der Waals surface area contributed by atoms with E-state index in [9.17, 15) is 0 Å². The largest absolute Gasteiger partial charge is 0.495 e. The van der Waals surface area contributed by atoms with E-state index in [1.54, 1.807) is 7.11 Å². The predicted octanol–water partition coefficient (Wildman–Crippen LogP) is 5.35. The van der Waals surface area contributed by atoms with Gasteiger partial charge in [-0.05, 0) is 35.7 Å². The van der Waals surface area contributed by atoms with E-state index in [0.717, 1.165) is 24.3 Å². The molecule has 1 heterocycles. The third-order valence-electron chi connectivity index (χ3n) is 3.85. The van der Waals surface area contributed by atoms with Crippen LogP contribution in [0.5, 0.6) is 11.5 Å². The van der Waals surface area contributed by atoms with Crippen LogP contribution in [0.1, 0.15) is 28.3 Å². The van der Waals surface area contributed by atoms with Crippen molar-refractivity contribution in [2.24, 2.45) is 0 Å². The summed E-state index contributed by atoms with van der Waals surface area (Å²) in [5.74, 6) is 2.06. The zero-order valence-corrected chi connectivity index (χ0v) is 14.0. The van der Waals surface area contributed by atoms with Crippen molar-refractivity contribution < 1.29 is 9.47 Å². The lowest BCUT2D eigenvalue weighted by atomic mass is 9.87. The van der Waals surface area contributed by atoms with Crippen molar-refractivity contribution in [3.63, 3.8) is 0 Å². The van der Waals surface area contributed by atoms with Gasteiger partial charge in [0.1, 0.15) is 11.5 Å². The molecule has 4 heteroatoms. The van der Waals surface area contributed by atoms with Crippen LogP contribution in [-0.4, -0.2) is 13.7 Å². The Bertz CT molecular complexity index is 644.